The molecule has 266 valence electrons. The molecule has 0 fully saturated rings. The van der Waals surface area contributed by atoms with E-state index in [0.29, 0.717) is 43.9 Å². The second kappa shape index (κ2) is 12.3. The van der Waals surface area contributed by atoms with Crippen molar-refractivity contribution in [3.05, 3.63) is 188 Å². The van der Waals surface area contributed by atoms with E-state index in [1.807, 2.05) is 18.2 Å². The normalized spacial score (nSPS) is 16.0. The van der Waals surface area contributed by atoms with Gasteiger partial charge in [0, 0.05) is 51.1 Å². The number of fused-ring (bicyclic) bond motifs is 9. The number of hydrogen-bond acceptors (Lipinski definition) is 4. The van der Waals surface area contributed by atoms with Crippen molar-refractivity contribution >= 4 is 65.7 Å². The van der Waals surface area contributed by atoms with Gasteiger partial charge in [-0.05, 0) is 54.5 Å². The van der Waals surface area contributed by atoms with Gasteiger partial charge in [0.05, 0.1) is 84.5 Å². The number of aromatic nitrogens is 7. The van der Waals surface area contributed by atoms with Crippen molar-refractivity contribution in [1.29, 1.82) is 0 Å². The Morgan fingerprint density at radius 2 is 1.02 bits per heavy atom. The molecule has 6 aromatic carbocycles. The van der Waals surface area contributed by atoms with Crippen LogP contribution in [-0.4, -0.2) is 33.6 Å². The van der Waals surface area contributed by atoms with Gasteiger partial charge in [-0.15, -0.1) is 0 Å². The van der Waals surface area contributed by atoms with Gasteiger partial charge >= 0.3 is 0 Å². The van der Waals surface area contributed by atoms with Gasteiger partial charge in [-0.1, -0.05) is 115 Å². The quantitative estimate of drug-likeness (QED) is 0.176. The number of benzene rings is 6. The summed E-state index contributed by atoms with van der Waals surface area (Å²) < 4.78 is 160. The average Bonchev–Trinajstić information content (AvgIpc) is 4.06. The molecule has 0 bridgehead atoms. The van der Waals surface area contributed by atoms with E-state index in [1.54, 1.807) is 76.1 Å². The highest BCUT2D eigenvalue weighted by Crippen LogP contribution is 2.42. The number of nitrogens with zero attached hydrogens (tertiary/aromatic N) is 7. The molecule has 0 atom stereocenters. The van der Waals surface area contributed by atoms with E-state index in [1.165, 1.54) is 0 Å². The van der Waals surface area contributed by atoms with Gasteiger partial charge in [0.15, 0.2) is 5.82 Å². The predicted molar refractivity (Wildman–Crippen MR) is 232 cm³/mol. The van der Waals surface area contributed by atoms with Crippen LogP contribution in [-0.2, 0) is 0 Å². The zero-order valence-corrected chi connectivity index (χ0v) is 29.2. The predicted octanol–water partition coefficient (Wildman–Crippen LogP) is 11.9. The molecule has 0 saturated carbocycles. The lowest BCUT2D eigenvalue weighted by Crippen LogP contribution is -2.07. The number of para-hydroxylation sites is 5. The molecule has 0 amide bonds. The zero-order valence-electron chi connectivity index (χ0n) is 46.2. The monoisotopic (exact) mass is 746 g/mol. The van der Waals surface area contributed by atoms with Crippen LogP contribution in [0.5, 0.6) is 0 Å². The highest BCUT2D eigenvalue weighted by atomic mass is 15.1. The van der Waals surface area contributed by atoms with E-state index in [9.17, 15) is 8.22 Å². The van der Waals surface area contributed by atoms with Gasteiger partial charge in [-0.2, -0.15) is 0 Å². The van der Waals surface area contributed by atoms with Crippen LogP contribution in [0.1, 0.15) is 23.3 Å². The van der Waals surface area contributed by atoms with Crippen molar-refractivity contribution in [3.63, 3.8) is 0 Å². The van der Waals surface area contributed by atoms with E-state index >= 15 is 0 Å². The molecule has 7 heteroatoms. The highest BCUT2D eigenvalue weighted by molar-refractivity contribution is 6.11. The standard InChI is InChI=1S/C50H31N7/c1-2-15-32(16-3-1)50-53-38(31-46(54-50)56-39-22-8-4-17-33(39)34-18-5-9-23-40(34)56)35-21-12-26-45(55-41-24-10-6-19-36(41)47-43(55)27-13-29-51-47)49(35)57-42-25-11-7-20-37(42)48-44(57)28-14-30-52-48/h1-31H/i1D,2D,3D,4D,5D,8D,9D,12D,15D,16D,17D,18D,21D,22D,23D,26D,31D. The van der Waals surface area contributed by atoms with Crippen molar-refractivity contribution in [2.75, 3.05) is 0 Å². The van der Waals surface area contributed by atoms with E-state index < -0.39 is 137 Å². The molecule has 0 radical (unpaired) electrons. The fraction of sp³-hybridized carbons (Fsp3) is 0. The second-order valence-electron chi connectivity index (χ2n) is 13.0. The lowest BCUT2D eigenvalue weighted by molar-refractivity contribution is 1.04. The molecule has 0 unspecified atom stereocenters. The third kappa shape index (κ3) is 4.66. The summed E-state index contributed by atoms with van der Waals surface area (Å²) in [5, 5.41) is 0.557. The minimum absolute atomic E-state index is 0.00396. The van der Waals surface area contributed by atoms with Crippen molar-refractivity contribution in [2.24, 2.45) is 0 Å². The first-order chi connectivity index (χ1) is 35.4. The van der Waals surface area contributed by atoms with Gasteiger partial charge in [-0.3, -0.25) is 14.5 Å². The van der Waals surface area contributed by atoms with Crippen molar-refractivity contribution in [1.82, 2.24) is 33.6 Å². The molecular weight excluding hydrogens is 699 g/mol. The Labute approximate surface area is 350 Å². The van der Waals surface area contributed by atoms with Gasteiger partial charge in [0.25, 0.3) is 0 Å². The topological polar surface area (TPSA) is 66.3 Å². The van der Waals surface area contributed by atoms with E-state index in [2.05, 4.69) is 4.98 Å². The maximum Gasteiger partial charge on any atom is 0.162 e. The third-order valence-electron chi connectivity index (χ3n) is 10.00. The molecule has 12 aromatic rings. The average molecular weight is 747 g/mol. The smallest absolute Gasteiger partial charge is 0.162 e. The van der Waals surface area contributed by atoms with Crippen LogP contribution in [0.4, 0.5) is 0 Å². The lowest BCUT2D eigenvalue weighted by atomic mass is 10.1. The molecule has 6 heterocycles. The van der Waals surface area contributed by atoms with E-state index in [4.69, 9.17) is 30.0 Å². The van der Waals surface area contributed by atoms with Gasteiger partial charge in [0.2, 0.25) is 0 Å². The Hall–Kier alpha value is -7.90. The third-order valence-corrected chi connectivity index (χ3v) is 10.00. The maximum absolute atomic E-state index is 10.4. The molecule has 57 heavy (non-hydrogen) atoms. The fourth-order valence-corrected chi connectivity index (χ4v) is 7.71. The summed E-state index contributed by atoms with van der Waals surface area (Å²) >= 11 is 0. The molecule has 7 nitrogen and oxygen atoms in total. The maximum atomic E-state index is 10.4. The highest BCUT2D eigenvalue weighted by Gasteiger charge is 2.25. The minimum Gasteiger partial charge on any atom is -0.305 e. The zero-order chi connectivity index (χ0) is 52.2. The molecule has 0 aliphatic carbocycles. The van der Waals surface area contributed by atoms with Crippen LogP contribution in [0.3, 0.4) is 0 Å². The van der Waals surface area contributed by atoms with Crippen LogP contribution in [0.25, 0.3) is 106 Å². The Balaban J connectivity index is 1.37. The fourth-order valence-electron chi connectivity index (χ4n) is 7.71. The number of hydrogen-bond donors (Lipinski definition) is 0. The molecule has 0 N–H and O–H groups in total. The summed E-state index contributed by atoms with van der Waals surface area (Å²) in [5.41, 5.74) is 0.540. The van der Waals surface area contributed by atoms with Gasteiger partial charge in [-0.25, -0.2) is 9.97 Å². The first-order valence-electron chi connectivity index (χ1n) is 26.2. The summed E-state index contributed by atoms with van der Waals surface area (Å²) in [4.78, 5) is 19.0. The second-order valence-corrected chi connectivity index (χ2v) is 13.0. The number of pyridine rings is 2. The van der Waals surface area contributed by atoms with Crippen molar-refractivity contribution in [3.8, 4) is 39.8 Å². The Morgan fingerprint density at radius 3 is 1.70 bits per heavy atom. The summed E-state index contributed by atoms with van der Waals surface area (Å²) in [6.07, 6.45) is 3.21. The largest absolute Gasteiger partial charge is 0.305 e. The SMILES string of the molecule is [2H]c1c(-c2c([2H])c([2H])c([2H])c(-n3c4ccccc4c4ncccc43)c2-n2c3ccccc3c3ncccc32)nc(-c2c([2H])c([2H])c([2H])c([2H])c2[2H])nc1-n1c2c([2H])c([2H])c([2H])c([2H])c2c2c([2H])c([2H])c([2H])c([2H])c21. The van der Waals surface area contributed by atoms with E-state index in [0.717, 1.165) is 4.57 Å². The first-order valence-corrected chi connectivity index (χ1v) is 17.7. The summed E-state index contributed by atoms with van der Waals surface area (Å²) in [6, 6.07) is 8.98. The lowest BCUT2D eigenvalue weighted by Gasteiger charge is -2.21. The Bertz CT molecular complexity index is 4330. The Kier molecular flexibility index (Phi) is 4.13. The molecule has 12 rings (SSSR count). The molecular formula is C50H31N7. The van der Waals surface area contributed by atoms with Crippen LogP contribution >= 0.6 is 0 Å². The van der Waals surface area contributed by atoms with Gasteiger partial charge < -0.3 is 9.13 Å². The summed E-state index contributed by atoms with van der Waals surface area (Å²) in [5.74, 6) is -1.33. The van der Waals surface area contributed by atoms with Crippen LogP contribution < -0.4 is 0 Å². The summed E-state index contributed by atoms with van der Waals surface area (Å²) in [6.45, 7) is 0. The number of rotatable bonds is 5. The molecule has 0 saturated heterocycles. The van der Waals surface area contributed by atoms with Crippen LogP contribution in [0.2, 0.25) is 0 Å². The summed E-state index contributed by atoms with van der Waals surface area (Å²) in [7, 11) is 0. The molecule has 0 aliphatic rings. The minimum atomic E-state index is -0.795. The van der Waals surface area contributed by atoms with Crippen LogP contribution in [0, 0.1) is 0 Å². The van der Waals surface area contributed by atoms with E-state index in [-0.39, 0.29) is 27.7 Å². The molecule has 6 aromatic heterocycles. The Morgan fingerprint density at radius 1 is 0.439 bits per heavy atom. The van der Waals surface area contributed by atoms with Crippen molar-refractivity contribution in [2.45, 2.75) is 0 Å². The van der Waals surface area contributed by atoms with Gasteiger partial charge in [0.1, 0.15) is 5.82 Å². The van der Waals surface area contributed by atoms with Crippen LogP contribution in [0.15, 0.2) is 188 Å². The molecule has 0 aliphatic heterocycles. The van der Waals surface area contributed by atoms with Crippen molar-refractivity contribution < 1.29 is 23.3 Å². The molecule has 0 spiro atoms. The first kappa shape index (κ1) is 19.1.